The summed E-state index contributed by atoms with van der Waals surface area (Å²) in [6, 6.07) is 0. The lowest BCUT2D eigenvalue weighted by molar-refractivity contribution is -0.142. The Morgan fingerprint density at radius 3 is 2.50 bits per heavy atom. The summed E-state index contributed by atoms with van der Waals surface area (Å²) in [6.45, 7) is 4.39. The minimum atomic E-state index is -0.529. The van der Waals surface area contributed by atoms with Gasteiger partial charge in [-0.05, 0) is 39.0 Å². The molecule has 4 nitrogen and oxygen atoms in total. The molecule has 0 unspecified atom stereocenters. The lowest BCUT2D eigenvalue weighted by atomic mass is 9.76. The van der Waals surface area contributed by atoms with Crippen molar-refractivity contribution < 1.29 is 9.53 Å². The molecule has 0 bridgehead atoms. The molecule has 16 heavy (non-hydrogen) atoms. The first-order chi connectivity index (χ1) is 7.65. The van der Waals surface area contributed by atoms with E-state index in [0.717, 1.165) is 51.8 Å². The van der Waals surface area contributed by atoms with E-state index in [1.807, 2.05) is 11.8 Å². The van der Waals surface area contributed by atoms with Crippen LogP contribution in [0.1, 0.15) is 39.0 Å². The largest absolute Gasteiger partial charge is 0.378 e. The van der Waals surface area contributed by atoms with Crippen LogP contribution in [0, 0.1) is 0 Å². The Morgan fingerprint density at radius 2 is 2.06 bits per heavy atom. The number of nitrogens with zero attached hydrogens (tertiary/aromatic N) is 1. The second-order valence-corrected chi connectivity index (χ2v) is 4.96. The van der Waals surface area contributed by atoms with Crippen molar-refractivity contribution >= 4 is 5.91 Å². The van der Waals surface area contributed by atoms with E-state index >= 15 is 0 Å². The number of nitrogens with two attached hydrogens (primary N) is 1. The highest BCUT2D eigenvalue weighted by molar-refractivity contribution is 5.87. The molecule has 2 rings (SSSR count). The van der Waals surface area contributed by atoms with Crippen LogP contribution in [0.3, 0.4) is 0 Å². The molecule has 2 N–H and O–H groups in total. The summed E-state index contributed by atoms with van der Waals surface area (Å²) in [6.07, 6.45) is 5.06. The Morgan fingerprint density at radius 1 is 1.44 bits per heavy atom. The zero-order valence-electron chi connectivity index (χ0n) is 10.1. The lowest BCUT2D eigenvalue weighted by Gasteiger charge is -2.42. The van der Waals surface area contributed by atoms with Gasteiger partial charge < -0.3 is 15.4 Å². The van der Waals surface area contributed by atoms with Crippen molar-refractivity contribution in [2.45, 2.75) is 50.7 Å². The van der Waals surface area contributed by atoms with Crippen LogP contribution in [0.2, 0.25) is 0 Å². The quantitative estimate of drug-likeness (QED) is 0.777. The molecule has 0 radical (unpaired) electrons. The first kappa shape index (κ1) is 11.9. The van der Waals surface area contributed by atoms with E-state index in [4.69, 9.17) is 10.5 Å². The molecule has 92 valence electrons. The van der Waals surface area contributed by atoms with Gasteiger partial charge in [-0.2, -0.15) is 0 Å². The molecule has 2 aliphatic rings. The summed E-state index contributed by atoms with van der Waals surface area (Å²) >= 11 is 0. The number of carbonyl (C=O) groups excluding carboxylic acids is 1. The molecule has 0 aromatic rings. The molecule has 1 heterocycles. The van der Waals surface area contributed by atoms with Gasteiger partial charge in [0, 0.05) is 19.7 Å². The first-order valence-corrected chi connectivity index (χ1v) is 6.35. The van der Waals surface area contributed by atoms with Crippen LogP contribution in [0.15, 0.2) is 0 Å². The van der Waals surface area contributed by atoms with Crippen molar-refractivity contribution in [1.82, 2.24) is 4.90 Å². The van der Waals surface area contributed by atoms with Crippen molar-refractivity contribution in [3.63, 3.8) is 0 Å². The number of piperidine rings is 1. The molecule has 1 saturated carbocycles. The van der Waals surface area contributed by atoms with Gasteiger partial charge in [0.2, 0.25) is 5.91 Å². The topological polar surface area (TPSA) is 55.6 Å². The molecular formula is C12H22N2O2. The van der Waals surface area contributed by atoms with Crippen molar-refractivity contribution in [1.29, 1.82) is 0 Å². The molecular weight excluding hydrogens is 204 g/mol. The standard InChI is InChI=1S/C12H22N2O2/c1-2-16-10-4-8-14(9-5-10)11(15)12(13)6-3-7-12/h10H,2-9,13H2,1H3. The summed E-state index contributed by atoms with van der Waals surface area (Å²) in [4.78, 5) is 14.1. The second kappa shape index (κ2) is 4.72. The number of hydrogen-bond acceptors (Lipinski definition) is 3. The molecule has 1 aliphatic heterocycles. The minimum Gasteiger partial charge on any atom is -0.378 e. The predicted octanol–water partition coefficient (Wildman–Crippen LogP) is 0.895. The highest BCUT2D eigenvalue weighted by Gasteiger charge is 2.43. The molecule has 1 amide bonds. The fraction of sp³-hybridized carbons (Fsp3) is 0.917. The molecule has 1 aliphatic carbocycles. The molecule has 0 aromatic carbocycles. The van der Waals surface area contributed by atoms with Crippen molar-refractivity contribution in [3.8, 4) is 0 Å². The van der Waals surface area contributed by atoms with Gasteiger partial charge in [0.1, 0.15) is 0 Å². The number of ether oxygens (including phenoxy) is 1. The summed E-state index contributed by atoms with van der Waals surface area (Å²) in [5, 5.41) is 0. The second-order valence-electron chi connectivity index (χ2n) is 4.96. The van der Waals surface area contributed by atoms with Crippen molar-refractivity contribution in [2.75, 3.05) is 19.7 Å². The molecule has 0 aromatic heterocycles. The number of amides is 1. The first-order valence-electron chi connectivity index (χ1n) is 6.35. The fourth-order valence-corrected chi connectivity index (χ4v) is 2.55. The van der Waals surface area contributed by atoms with E-state index in [2.05, 4.69) is 0 Å². The highest BCUT2D eigenvalue weighted by atomic mass is 16.5. The third kappa shape index (κ3) is 2.23. The smallest absolute Gasteiger partial charge is 0.242 e. The van der Waals surface area contributed by atoms with Crippen LogP contribution in [-0.2, 0) is 9.53 Å². The monoisotopic (exact) mass is 226 g/mol. The average molecular weight is 226 g/mol. The number of rotatable bonds is 3. The van der Waals surface area contributed by atoms with Crippen LogP contribution in [0.25, 0.3) is 0 Å². The van der Waals surface area contributed by atoms with Gasteiger partial charge in [-0.25, -0.2) is 0 Å². The normalized spacial score (nSPS) is 25.2. The third-order valence-corrected chi connectivity index (χ3v) is 3.80. The van der Waals surface area contributed by atoms with Gasteiger partial charge in [-0.1, -0.05) is 0 Å². The van der Waals surface area contributed by atoms with Crippen LogP contribution in [0.5, 0.6) is 0 Å². The van der Waals surface area contributed by atoms with E-state index in [1.165, 1.54) is 0 Å². The van der Waals surface area contributed by atoms with E-state index in [0.29, 0.717) is 6.10 Å². The molecule has 2 fully saturated rings. The maximum absolute atomic E-state index is 12.1. The summed E-state index contributed by atoms with van der Waals surface area (Å²) in [5.41, 5.74) is 5.52. The number of carbonyl (C=O) groups is 1. The van der Waals surface area contributed by atoms with Crippen LogP contribution in [-0.4, -0.2) is 42.1 Å². The van der Waals surface area contributed by atoms with E-state index in [1.54, 1.807) is 0 Å². The van der Waals surface area contributed by atoms with E-state index in [9.17, 15) is 4.79 Å². The summed E-state index contributed by atoms with van der Waals surface area (Å²) in [5.74, 6) is 0.161. The zero-order chi connectivity index (χ0) is 11.6. The van der Waals surface area contributed by atoms with Gasteiger partial charge >= 0.3 is 0 Å². The molecule has 0 atom stereocenters. The molecule has 1 saturated heterocycles. The van der Waals surface area contributed by atoms with Gasteiger partial charge in [0.25, 0.3) is 0 Å². The van der Waals surface area contributed by atoms with E-state index < -0.39 is 5.54 Å². The van der Waals surface area contributed by atoms with E-state index in [-0.39, 0.29) is 5.91 Å². The van der Waals surface area contributed by atoms with Crippen LogP contribution >= 0.6 is 0 Å². The Balaban J connectivity index is 1.82. The summed E-state index contributed by atoms with van der Waals surface area (Å²) < 4.78 is 5.57. The molecule has 0 spiro atoms. The molecule has 4 heteroatoms. The van der Waals surface area contributed by atoms with Gasteiger partial charge in [0.05, 0.1) is 11.6 Å². The van der Waals surface area contributed by atoms with Crippen molar-refractivity contribution in [2.24, 2.45) is 5.73 Å². The predicted molar refractivity (Wildman–Crippen MR) is 62.0 cm³/mol. The minimum absolute atomic E-state index is 0.161. The number of likely N-dealkylation sites (tertiary alicyclic amines) is 1. The van der Waals surface area contributed by atoms with Crippen molar-refractivity contribution in [3.05, 3.63) is 0 Å². The van der Waals surface area contributed by atoms with Crippen LogP contribution in [0.4, 0.5) is 0 Å². The highest BCUT2D eigenvalue weighted by Crippen LogP contribution is 2.31. The Hall–Kier alpha value is -0.610. The number of hydrogen-bond donors (Lipinski definition) is 1. The van der Waals surface area contributed by atoms with Gasteiger partial charge in [0.15, 0.2) is 0 Å². The maximum Gasteiger partial charge on any atom is 0.242 e. The average Bonchev–Trinajstić information content (AvgIpc) is 2.26. The maximum atomic E-state index is 12.1. The Labute approximate surface area is 97.1 Å². The third-order valence-electron chi connectivity index (χ3n) is 3.80. The Kier molecular flexibility index (Phi) is 3.50. The van der Waals surface area contributed by atoms with Gasteiger partial charge in [-0.15, -0.1) is 0 Å². The zero-order valence-corrected chi connectivity index (χ0v) is 10.1. The Bertz CT molecular complexity index is 256. The summed E-state index contributed by atoms with van der Waals surface area (Å²) in [7, 11) is 0. The SMILES string of the molecule is CCOC1CCN(C(=O)C2(N)CCC2)CC1. The van der Waals surface area contributed by atoms with Crippen LogP contribution < -0.4 is 5.73 Å². The lowest BCUT2D eigenvalue weighted by Crippen LogP contribution is -2.60. The fourth-order valence-electron chi connectivity index (χ4n) is 2.55. The van der Waals surface area contributed by atoms with Gasteiger partial charge in [-0.3, -0.25) is 4.79 Å².